The van der Waals surface area contributed by atoms with Gasteiger partial charge in [-0.15, -0.1) is 0 Å². The number of nitrogens with zero attached hydrogens (tertiary/aromatic N) is 3. The molecule has 1 aliphatic carbocycles. The molecule has 0 unspecified atom stereocenters. The fourth-order valence-electron chi connectivity index (χ4n) is 4.04. The minimum absolute atomic E-state index is 0.0466. The van der Waals surface area contributed by atoms with Crippen LogP contribution in [0.15, 0.2) is 66.9 Å². The predicted octanol–water partition coefficient (Wildman–Crippen LogP) is 4.42. The summed E-state index contributed by atoms with van der Waals surface area (Å²) in [5.74, 6) is 3.10. The summed E-state index contributed by atoms with van der Waals surface area (Å²) in [6, 6.07) is 19.8. The van der Waals surface area contributed by atoms with Gasteiger partial charge in [-0.2, -0.15) is 4.98 Å². The highest BCUT2D eigenvalue weighted by Crippen LogP contribution is 2.23. The molecule has 3 aromatic rings. The summed E-state index contributed by atoms with van der Waals surface area (Å²) in [6.07, 6.45) is 5.94. The molecule has 33 heavy (non-hydrogen) atoms. The molecule has 0 spiro atoms. The minimum Gasteiger partial charge on any atom is -0.457 e. The Labute approximate surface area is 195 Å². The van der Waals surface area contributed by atoms with E-state index in [-0.39, 0.29) is 11.9 Å². The van der Waals surface area contributed by atoms with Gasteiger partial charge in [0.1, 0.15) is 17.3 Å². The number of hydrogen-bond acceptors (Lipinski definition) is 6. The third-order valence-electron chi connectivity index (χ3n) is 5.77. The van der Waals surface area contributed by atoms with Crippen LogP contribution in [-0.2, 0) is 11.2 Å². The van der Waals surface area contributed by atoms with Crippen LogP contribution in [0.1, 0.15) is 31.2 Å². The van der Waals surface area contributed by atoms with E-state index in [1.807, 2.05) is 79.7 Å². The molecule has 1 saturated carbocycles. The number of para-hydroxylation sites is 1. The molecule has 1 amide bonds. The normalized spacial score (nSPS) is 17.8. The van der Waals surface area contributed by atoms with Gasteiger partial charge >= 0.3 is 0 Å². The fourth-order valence-corrected chi connectivity index (χ4v) is 4.04. The molecule has 1 heterocycles. The van der Waals surface area contributed by atoms with Crippen LogP contribution >= 0.6 is 0 Å². The molecule has 1 aliphatic rings. The molecule has 0 bridgehead atoms. The molecule has 0 atom stereocenters. The standard InChI is InChI=1S/C26H31N5O2/c1-31(2)24-15-16-27-26(30-24)29-21-13-11-20(12-14-21)28-25(32)18-19-7-6-10-23(17-19)33-22-8-4-3-5-9-22/h3-10,15-17,20-21H,11-14,18H2,1-2H3,(H,28,32)(H,27,29,30). The van der Waals surface area contributed by atoms with Crippen LogP contribution < -0.4 is 20.3 Å². The molecule has 172 valence electrons. The van der Waals surface area contributed by atoms with E-state index >= 15 is 0 Å². The lowest BCUT2D eigenvalue weighted by Gasteiger charge is -2.29. The average Bonchev–Trinajstić information content (AvgIpc) is 2.81. The van der Waals surface area contributed by atoms with Crippen molar-refractivity contribution in [3.05, 3.63) is 72.4 Å². The maximum atomic E-state index is 12.6. The van der Waals surface area contributed by atoms with Crippen molar-refractivity contribution in [3.63, 3.8) is 0 Å². The first-order chi connectivity index (χ1) is 16.0. The minimum atomic E-state index is 0.0466. The van der Waals surface area contributed by atoms with Crippen molar-refractivity contribution in [2.75, 3.05) is 24.3 Å². The van der Waals surface area contributed by atoms with Crippen molar-refractivity contribution in [2.24, 2.45) is 0 Å². The zero-order valence-corrected chi connectivity index (χ0v) is 19.2. The number of hydrogen-bond donors (Lipinski definition) is 2. The van der Waals surface area contributed by atoms with Gasteiger partial charge in [-0.3, -0.25) is 4.79 Å². The van der Waals surface area contributed by atoms with E-state index in [1.165, 1.54) is 0 Å². The summed E-state index contributed by atoms with van der Waals surface area (Å²) >= 11 is 0. The second kappa shape index (κ2) is 10.8. The van der Waals surface area contributed by atoms with Crippen molar-refractivity contribution in [2.45, 2.75) is 44.2 Å². The SMILES string of the molecule is CN(C)c1ccnc(NC2CCC(NC(=O)Cc3cccc(Oc4ccccc4)c3)CC2)n1. The van der Waals surface area contributed by atoms with E-state index in [4.69, 9.17) is 4.74 Å². The van der Waals surface area contributed by atoms with Gasteiger partial charge in [-0.05, 0) is 61.6 Å². The largest absolute Gasteiger partial charge is 0.457 e. The number of anilines is 2. The lowest BCUT2D eigenvalue weighted by Crippen LogP contribution is -2.40. The molecule has 4 rings (SSSR count). The second-order valence-electron chi connectivity index (χ2n) is 8.63. The van der Waals surface area contributed by atoms with Crippen molar-refractivity contribution >= 4 is 17.7 Å². The van der Waals surface area contributed by atoms with Gasteiger partial charge in [-0.1, -0.05) is 30.3 Å². The van der Waals surface area contributed by atoms with Gasteiger partial charge in [0.05, 0.1) is 6.42 Å². The number of carbonyl (C=O) groups excluding carboxylic acids is 1. The van der Waals surface area contributed by atoms with E-state index in [0.717, 1.165) is 48.6 Å². The van der Waals surface area contributed by atoms with Crippen LogP contribution in [-0.4, -0.2) is 42.1 Å². The predicted molar refractivity (Wildman–Crippen MR) is 131 cm³/mol. The van der Waals surface area contributed by atoms with Crippen LogP contribution in [0, 0.1) is 0 Å². The zero-order valence-electron chi connectivity index (χ0n) is 19.2. The first-order valence-electron chi connectivity index (χ1n) is 11.4. The van der Waals surface area contributed by atoms with Gasteiger partial charge in [0.15, 0.2) is 0 Å². The maximum Gasteiger partial charge on any atom is 0.224 e. The van der Waals surface area contributed by atoms with Crippen LogP contribution in [0.2, 0.25) is 0 Å². The van der Waals surface area contributed by atoms with Crippen LogP contribution in [0.3, 0.4) is 0 Å². The maximum absolute atomic E-state index is 12.6. The van der Waals surface area contributed by atoms with E-state index in [2.05, 4.69) is 20.6 Å². The summed E-state index contributed by atoms with van der Waals surface area (Å²) in [4.78, 5) is 23.5. The summed E-state index contributed by atoms with van der Waals surface area (Å²) < 4.78 is 5.88. The molecule has 1 fully saturated rings. The number of aromatic nitrogens is 2. The lowest BCUT2D eigenvalue weighted by molar-refractivity contribution is -0.121. The lowest BCUT2D eigenvalue weighted by atomic mass is 9.91. The quantitative estimate of drug-likeness (QED) is 0.534. The molecule has 2 aromatic carbocycles. The van der Waals surface area contributed by atoms with Gasteiger partial charge < -0.3 is 20.3 Å². The Bertz CT molecular complexity index is 1050. The monoisotopic (exact) mass is 445 g/mol. The zero-order chi connectivity index (χ0) is 23.0. The molecule has 0 radical (unpaired) electrons. The van der Waals surface area contributed by atoms with Crippen LogP contribution in [0.4, 0.5) is 11.8 Å². The van der Waals surface area contributed by atoms with E-state index in [1.54, 1.807) is 6.20 Å². The molecule has 7 heteroatoms. The Morgan fingerprint density at radius 1 is 0.970 bits per heavy atom. The van der Waals surface area contributed by atoms with Gasteiger partial charge in [0.2, 0.25) is 11.9 Å². The summed E-state index contributed by atoms with van der Waals surface area (Å²) in [7, 11) is 3.93. The first kappa shape index (κ1) is 22.6. The molecule has 0 aliphatic heterocycles. The Hall–Kier alpha value is -3.61. The molecule has 2 N–H and O–H groups in total. The van der Waals surface area contributed by atoms with Gasteiger partial charge in [0, 0.05) is 32.4 Å². The Morgan fingerprint density at radius 2 is 1.70 bits per heavy atom. The molecule has 0 saturated heterocycles. The van der Waals surface area contributed by atoms with Crippen molar-refractivity contribution in [1.29, 1.82) is 0 Å². The average molecular weight is 446 g/mol. The summed E-state index contributed by atoms with van der Waals surface area (Å²) in [5, 5.41) is 6.64. The topological polar surface area (TPSA) is 79.4 Å². The number of benzene rings is 2. The van der Waals surface area contributed by atoms with E-state index < -0.39 is 0 Å². The summed E-state index contributed by atoms with van der Waals surface area (Å²) in [6.45, 7) is 0. The highest BCUT2D eigenvalue weighted by molar-refractivity contribution is 5.79. The molecular formula is C26H31N5O2. The highest BCUT2D eigenvalue weighted by atomic mass is 16.5. The van der Waals surface area contributed by atoms with Crippen molar-refractivity contribution in [3.8, 4) is 11.5 Å². The van der Waals surface area contributed by atoms with Crippen LogP contribution in [0.5, 0.6) is 11.5 Å². The summed E-state index contributed by atoms with van der Waals surface area (Å²) in [5.41, 5.74) is 0.939. The third-order valence-corrected chi connectivity index (χ3v) is 5.77. The number of nitrogens with one attached hydrogen (secondary N) is 2. The fraction of sp³-hybridized carbons (Fsp3) is 0.346. The third kappa shape index (κ3) is 6.68. The Kier molecular flexibility index (Phi) is 7.40. The molecular weight excluding hydrogens is 414 g/mol. The second-order valence-corrected chi connectivity index (χ2v) is 8.63. The molecule has 1 aromatic heterocycles. The van der Waals surface area contributed by atoms with Gasteiger partial charge in [0.25, 0.3) is 0 Å². The molecule has 7 nitrogen and oxygen atoms in total. The Balaban J connectivity index is 1.23. The number of ether oxygens (including phenoxy) is 1. The smallest absolute Gasteiger partial charge is 0.224 e. The number of amides is 1. The van der Waals surface area contributed by atoms with Gasteiger partial charge in [-0.25, -0.2) is 4.98 Å². The first-order valence-corrected chi connectivity index (χ1v) is 11.4. The van der Waals surface area contributed by atoms with E-state index in [0.29, 0.717) is 18.4 Å². The van der Waals surface area contributed by atoms with Crippen molar-refractivity contribution < 1.29 is 9.53 Å². The Morgan fingerprint density at radius 3 is 2.45 bits per heavy atom. The van der Waals surface area contributed by atoms with Crippen LogP contribution in [0.25, 0.3) is 0 Å². The number of rotatable bonds is 8. The highest BCUT2D eigenvalue weighted by Gasteiger charge is 2.23. The van der Waals surface area contributed by atoms with E-state index in [9.17, 15) is 4.79 Å². The number of carbonyl (C=O) groups is 1. The van der Waals surface area contributed by atoms with Crippen molar-refractivity contribution in [1.82, 2.24) is 15.3 Å².